The zero-order valence-electron chi connectivity index (χ0n) is 12.2. The molecule has 0 amide bonds. The normalized spacial score (nSPS) is 18.1. The number of ether oxygens (including phenoxy) is 2. The maximum atomic E-state index is 5.66. The van der Waals surface area contributed by atoms with E-state index in [2.05, 4.69) is 30.6 Å². The van der Waals surface area contributed by atoms with Gasteiger partial charge in [-0.05, 0) is 50.4 Å². The van der Waals surface area contributed by atoms with Crippen LogP contribution in [0.2, 0.25) is 0 Å². The van der Waals surface area contributed by atoms with Crippen molar-refractivity contribution in [3.05, 3.63) is 0 Å². The zero-order valence-corrected chi connectivity index (χ0v) is 12.2. The van der Waals surface area contributed by atoms with Crippen LogP contribution in [0, 0.1) is 23.7 Å². The molecule has 1 rings (SSSR count). The van der Waals surface area contributed by atoms with Gasteiger partial charge in [-0.25, -0.2) is 0 Å². The van der Waals surface area contributed by atoms with Crippen LogP contribution in [0.4, 0.5) is 0 Å². The fourth-order valence-electron chi connectivity index (χ4n) is 1.85. The summed E-state index contributed by atoms with van der Waals surface area (Å²) >= 11 is 0. The summed E-state index contributed by atoms with van der Waals surface area (Å²) < 4.78 is 11.2. The Labute approximate surface area is 118 Å². The second-order valence-electron chi connectivity index (χ2n) is 4.83. The van der Waals surface area contributed by atoms with Crippen LogP contribution in [0.25, 0.3) is 0 Å². The van der Waals surface area contributed by atoms with E-state index in [0.29, 0.717) is 0 Å². The van der Waals surface area contributed by atoms with Gasteiger partial charge in [-0.2, -0.15) is 0 Å². The van der Waals surface area contributed by atoms with Gasteiger partial charge in [0.15, 0.2) is 6.29 Å². The second kappa shape index (κ2) is 12.1. The second-order valence-corrected chi connectivity index (χ2v) is 4.83. The summed E-state index contributed by atoms with van der Waals surface area (Å²) in [5.74, 6) is 12.0. The van der Waals surface area contributed by atoms with Crippen molar-refractivity contribution in [3.63, 3.8) is 0 Å². The summed E-state index contributed by atoms with van der Waals surface area (Å²) in [4.78, 5) is 0. The molecule has 0 aromatic rings. The van der Waals surface area contributed by atoms with Gasteiger partial charge >= 0.3 is 0 Å². The van der Waals surface area contributed by atoms with Crippen molar-refractivity contribution in [2.45, 2.75) is 71.0 Å². The van der Waals surface area contributed by atoms with Crippen LogP contribution in [0.5, 0.6) is 0 Å². The van der Waals surface area contributed by atoms with Crippen LogP contribution in [0.1, 0.15) is 64.7 Å². The van der Waals surface area contributed by atoms with Crippen molar-refractivity contribution in [1.29, 1.82) is 0 Å². The molecule has 0 radical (unpaired) electrons. The first-order valence-corrected chi connectivity index (χ1v) is 7.62. The molecule has 1 saturated heterocycles. The Hall–Kier alpha value is -0.960. The maximum Gasteiger partial charge on any atom is 0.157 e. The third-order valence-electron chi connectivity index (χ3n) is 3.03. The summed E-state index contributed by atoms with van der Waals surface area (Å²) in [6.45, 7) is 3.81. The molecule has 2 heteroatoms. The van der Waals surface area contributed by atoms with Crippen LogP contribution in [0.15, 0.2) is 0 Å². The molecule has 1 unspecified atom stereocenters. The fourth-order valence-corrected chi connectivity index (χ4v) is 1.85. The first-order chi connectivity index (χ1) is 9.43. The lowest BCUT2D eigenvalue weighted by molar-refractivity contribution is -0.162. The molecule has 106 valence electrons. The standard InChI is InChI=1S/C17H26O2/c1-2-3-4-5-6-7-8-9-10-12-15-18-17-14-11-13-16-19-17/h17H,2-4,9-16H2,1H3. The van der Waals surface area contributed by atoms with Gasteiger partial charge in [-0.3, -0.25) is 0 Å². The van der Waals surface area contributed by atoms with Crippen molar-refractivity contribution in [3.8, 4) is 23.7 Å². The van der Waals surface area contributed by atoms with E-state index in [-0.39, 0.29) is 6.29 Å². The molecule has 0 bridgehead atoms. The summed E-state index contributed by atoms with van der Waals surface area (Å²) in [6, 6.07) is 0. The Bertz CT molecular complexity index is 321. The minimum Gasteiger partial charge on any atom is -0.353 e. The van der Waals surface area contributed by atoms with E-state index in [1.54, 1.807) is 0 Å². The predicted octanol–water partition coefficient (Wildman–Crippen LogP) is 3.90. The Morgan fingerprint density at radius 2 is 1.84 bits per heavy atom. The monoisotopic (exact) mass is 262 g/mol. The van der Waals surface area contributed by atoms with Gasteiger partial charge in [0.05, 0.1) is 0 Å². The maximum absolute atomic E-state index is 5.66. The molecular formula is C17H26O2. The summed E-state index contributed by atoms with van der Waals surface area (Å²) in [5.41, 5.74) is 0. The topological polar surface area (TPSA) is 18.5 Å². The quantitative estimate of drug-likeness (QED) is 0.512. The van der Waals surface area contributed by atoms with Gasteiger partial charge in [-0.1, -0.05) is 25.2 Å². The van der Waals surface area contributed by atoms with Crippen molar-refractivity contribution < 1.29 is 9.47 Å². The van der Waals surface area contributed by atoms with Crippen molar-refractivity contribution >= 4 is 0 Å². The van der Waals surface area contributed by atoms with E-state index in [1.165, 1.54) is 25.7 Å². The number of hydrogen-bond donors (Lipinski definition) is 0. The first-order valence-electron chi connectivity index (χ1n) is 7.62. The van der Waals surface area contributed by atoms with Crippen LogP contribution in [-0.2, 0) is 9.47 Å². The average Bonchev–Trinajstić information content (AvgIpc) is 2.46. The van der Waals surface area contributed by atoms with Crippen LogP contribution >= 0.6 is 0 Å². The van der Waals surface area contributed by atoms with Crippen molar-refractivity contribution in [2.75, 3.05) is 13.2 Å². The largest absolute Gasteiger partial charge is 0.353 e. The molecule has 19 heavy (non-hydrogen) atoms. The lowest BCUT2D eigenvalue weighted by Crippen LogP contribution is -2.22. The highest BCUT2D eigenvalue weighted by atomic mass is 16.7. The molecule has 0 spiro atoms. The van der Waals surface area contributed by atoms with Crippen molar-refractivity contribution in [2.24, 2.45) is 0 Å². The molecule has 1 aliphatic rings. The minimum atomic E-state index is 0.0456. The Morgan fingerprint density at radius 3 is 2.53 bits per heavy atom. The molecule has 1 atom stereocenters. The summed E-state index contributed by atoms with van der Waals surface area (Å²) in [6.07, 6.45) is 9.90. The molecule has 0 aromatic carbocycles. The SMILES string of the molecule is CCCCC#CC#CCCCCOC1CCCCO1. The predicted molar refractivity (Wildman–Crippen MR) is 78.5 cm³/mol. The molecule has 2 nitrogen and oxygen atoms in total. The van der Waals surface area contributed by atoms with E-state index >= 15 is 0 Å². The minimum absolute atomic E-state index is 0.0456. The lowest BCUT2D eigenvalue weighted by atomic mass is 10.2. The van der Waals surface area contributed by atoms with E-state index in [1.807, 2.05) is 0 Å². The molecular weight excluding hydrogens is 236 g/mol. The summed E-state index contributed by atoms with van der Waals surface area (Å²) in [5, 5.41) is 0. The van der Waals surface area contributed by atoms with Gasteiger partial charge < -0.3 is 9.47 Å². The Morgan fingerprint density at radius 1 is 1.05 bits per heavy atom. The van der Waals surface area contributed by atoms with Crippen LogP contribution < -0.4 is 0 Å². The Balaban J connectivity index is 1.90. The van der Waals surface area contributed by atoms with Gasteiger partial charge in [-0.15, -0.1) is 0 Å². The number of unbranched alkanes of at least 4 members (excludes halogenated alkanes) is 4. The third-order valence-corrected chi connectivity index (χ3v) is 3.03. The molecule has 0 aliphatic carbocycles. The molecule has 1 heterocycles. The molecule has 0 N–H and O–H groups in total. The lowest BCUT2D eigenvalue weighted by Gasteiger charge is -2.22. The molecule has 1 fully saturated rings. The number of hydrogen-bond acceptors (Lipinski definition) is 2. The van der Waals surface area contributed by atoms with E-state index in [4.69, 9.17) is 9.47 Å². The van der Waals surface area contributed by atoms with Gasteiger partial charge in [0.1, 0.15) is 0 Å². The fraction of sp³-hybridized carbons (Fsp3) is 0.765. The van der Waals surface area contributed by atoms with Gasteiger partial charge in [0.25, 0.3) is 0 Å². The summed E-state index contributed by atoms with van der Waals surface area (Å²) in [7, 11) is 0. The average molecular weight is 262 g/mol. The molecule has 0 aromatic heterocycles. The Kier molecular flexibility index (Phi) is 10.2. The molecule has 1 aliphatic heterocycles. The highest BCUT2D eigenvalue weighted by Gasteiger charge is 2.12. The smallest absolute Gasteiger partial charge is 0.157 e. The first kappa shape index (κ1) is 16.1. The third kappa shape index (κ3) is 9.60. The van der Waals surface area contributed by atoms with E-state index < -0.39 is 0 Å². The van der Waals surface area contributed by atoms with Crippen molar-refractivity contribution in [1.82, 2.24) is 0 Å². The highest BCUT2D eigenvalue weighted by molar-refractivity contribution is 5.25. The highest BCUT2D eigenvalue weighted by Crippen LogP contribution is 2.13. The van der Waals surface area contributed by atoms with Crippen LogP contribution in [-0.4, -0.2) is 19.5 Å². The van der Waals surface area contributed by atoms with Crippen LogP contribution in [0.3, 0.4) is 0 Å². The van der Waals surface area contributed by atoms with Gasteiger partial charge in [0, 0.05) is 26.1 Å². The zero-order chi connectivity index (χ0) is 13.6. The van der Waals surface area contributed by atoms with E-state index in [9.17, 15) is 0 Å². The van der Waals surface area contributed by atoms with Gasteiger partial charge in [0.2, 0.25) is 0 Å². The number of rotatable bonds is 7. The van der Waals surface area contributed by atoms with E-state index in [0.717, 1.165) is 45.3 Å². The molecule has 0 saturated carbocycles.